The molecule has 0 aromatic heterocycles. The van der Waals surface area contributed by atoms with Crippen molar-refractivity contribution in [2.45, 2.75) is 79.1 Å². The lowest BCUT2D eigenvalue weighted by molar-refractivity contribution is -0.142. The molecule has 22 heavy (non-hydrogen) atoms. The van der Waals surface area contributed by atoms with Crippen LogP contribution in [0.25, 0.3) is 0 Å². The summed E-state index contributed by atoms with van der Waals surface area (Å²) >= 11 is 0. The van der Waals surface area contributed by atoms with Gasteiger partial charge in [-0.15, -0.1) is 0 Å². The van der Waals surface area contributed by atoms with E-state index in [0.717, 1.165) is 51.4 Å². The number of aliphatic hydroxyl groups is 2. The van der Waals surface area contributed by atoms with Crippen molar-refractivity contribution >= 4 is 5.97 Å². The number of carbonyl (C=O) groups is 1. The Morgan fingerprint density at radius 2 is 1.18 bits per heavy atom. The van der Waals surface area contributed by atoms with Gasteiger partial charge in [0, 0.05) is 13.2 Å². The van der Waals surface area contributed by atoms with Crippen molar-refractivity contribution in [3.63, 3.8) is 0 Å². The Hall–Kier alpha value is -0.610. The molecule has 0 atom stereocenters. The highest BCUT2D eigenvalue weighted by Gasteiger charge is 2.20. The van der Waals surface area contributed by atoms with Crippen LogP contribution in [0, 0.1) is 16.7 Å². The third-order valence-electron chi connectivity index (χ3n) is 4.52. The van der Waals surface area contributed by atoms with E-state index in [1.807, 2.05) is 27.7 Å². The van der Waals surface area contributed by atoms with Gasteiger partial charge in [0.15, 0.2) is 0 Å². The lowest BCUT2D eigenvalue weighted by Gasteiger charge is -2.22. The van der Waals surface area contributed by atoms with Crippen LogP contribution in [-0.4, -0.2) is 34.5 Å². The monoisotopic (exact) mass is 316 g/mol. The minimum absolute atomic E-state index is 0.0609. The fraction of sp³-hybridized carbons (Fsp3) is 0.944. The molecule has 4 nitrogen and oxygen atoms in total. The van der Waals surface area contributed by atoms with Gasteiger partial charge in [0.1, 0.15) is 0 Å². The van der Waals surface area contributed by atoms with E-state index in [9.17, 15) is 20.1 Å². The smallest absolute Gasteiger partial charge is 0.306 e. The molecule has 0 aromatic carbocycles. The highest BCUT2D eigenvalue weighted by Crippen LogP contribution is 2.26. The number of carboxylic acids is 1. The molecule has 132 valence electrons. The summed E-state index contributed by atoms with van der Waals surface area (Å²) in [6.45, 7) is 8.48. The topological polar surface area (TPSA) is 77.8 Å². The Morgan fingerprint density at radius 1 is 0.818 bits per heavy atom. The molecule has 0 saturated carbocycles. The summed E-state index contributed by atoms with van der Waals surface area (Å²) in [5, 5.41) is 27.7. The van der Waals surface area contributed by atoms with E-state index in [1.54, 1.807) is 0 Å². The summed E-state index contributed by atoms with van der Waals surface area (Å²) in [7, 11) is 0. The summed E-state index contributed by atoms with van der Waals surface area (Å²) in [6, 6.07) is 0. The first kappa shape index (κ1) is 21.4. The molecule has 0 bridgehead atoms. The van der Waals surface area contributed by atoms with Gasteiger partial charge < -0.3 is 15.3 Å². The quantitative estimate of drug-likeness (QED) is 0.451. The van der Waals surface area contributed by atoms with Gasteiger partial charge in [-0.05, 0) is 36.5 Å². The Kier molecular flexibility index (Phi) is 9.94. The molecule has 0 heterocycles. The molecule has 0 fully saturated rings. The molecule has 4 heteroatoms. The number of hydrogen-bond acceptors (Lipinski definition) is 3. The second-order valence-electron chi connectivity index (χ2n) is 8.17. The summed E-state index contributed by atoms with van der Waals surface area (Å²) < 4.78 is 0. The second-order valence-corrected chi connectivity index (χ2v) is 8.17. The molecular weight excluding hydrogens is 280 g/mol. The first-order chi connectivity index (χ1) is 10.1. The molecule has 0 aliphatic carbocycles. The summed E-state index contributed by atoms with van der Waals surface area (Å²) in [4.78, 5) is 11.3. The summed E-state index contributed by atoms with van der Waals surface area (Å²) in [6.07, 6.45) is 7.05. The number of aliphatic hydroxyl groups excluding tert-OH is 2. The van der Waals surface area contributed by atoms with Crippen LogP contribution in [0.1, 0.15) is 79.1 Å². The molecule has 0 unspecified atom stereocenters. The zero-order valence-electron chi connectivity index (χ0n) is 14.9. The van der Waals surface area contributed by atoms with Gasteiger partial charge in [0.25, 0.3) is 0 Å². The van der Waals surface area contributed by atoms with Crippen molar-refractivity contribution in [2.24, 2.45) is 16.7 Å². The van der Waals surface area contributed by atoms with Gasteiger partial charge >= 0.3 is 5.97 Å². The normalized spacial score (nSPS) is 12.9. The number of aliphatic carboxylic acids is 1. The predicted octanol–water partition coefficient (Wildman–Crippen LogP) is 3.85. The Bertz CT molecular complexity index is 286. The van der Waals surface area contributed by atoms with Crippen LogP contribution in [0.3, 0.4) is 0 Å². The van der Waals surface area contributed by atoms with Gasteiger partial charge in [-0.3, -0.25) is 4.79 Å². The molecule has 0 amide bonds. The van der Waals surface area contributed by atoms with Crippen LogP contribution in [-0.2, 0) is 4.79 Å². The SMILES string of the molecule is CC(C)(CO)CCCCC(CCCCC(C)(C)CO)C(=O)O. The molecule has 0 aliphatic heterocycles. The predicted molar refractivity (Wildman–Crippen MR) is 89.8 cm³/mol. The first-order valence-electron chi connectivity index (χ1n) is 8.58. The van der Waals surface area contributed by atoms with Crippen molar-refractivity contribution in [1.82, 2.24) is 0 Å². The van der Waals surface area contributed by atoms with E-state index in [-0.39, 0.29) is 30.0 Å². The molecule has 0 radical (unpaired) electrons. The maximum Gasteiger partial charge on any atom is 0.306 e. The zero-order chi connectivity index (χ0) is 17.2. The number of hydrogen-bond donors (Lipinski definition) is 3. The first-order valence-corrected chi connectivity index (χ1v) is 8.58. The highest BCUT2D eigenvalue weighted by atomic mass is 16.4. The van der Waals surface area contributed by atoms with Crippen molar-refractivity contribution in [3.8, 4) is 0 Å². The largest absolute Gasteiger partial charge is 0.481 e. The fourth-order valence-electron chi connectivity index (χ4n) is 2.54. The lowest BCUT2D eigenvalue weighted by atomic mass is 9.85. The van der Waals surface area contributed by atoms with Crippen molar-refractivity contribution < 1.29 is 20.1 Å². The Balaban J connectivity index is 3.95. The van der Waals surface area contributed by atoms with Gasteiger partial charge in [-0.25, -0.2) is 0 Å². The number of unbranched alkanes of at least 4 members (excludes halogenated alkanes) is 2. The highest BCUT2D eigenvalue weighted by molar-refractivity contribution is 5.69. The maximum absolute atomic E-state index is 11.3. The molecule has 0 saturated heterocycles. The minimum Gasteiger partial charge on any atom is -0.481 e. The molecule has 0 aromatic rings. The van der Waals surface area contributed by atoms with Crippen molar-refractivity contribution in [3.05, 3.63) is 0 Å². The third-order valence-corrected chi connectivity index (χ3v) is 4.52. The van der Waals surface area contributed by atoms with Gasteiger partial charge in [-0.2, -0.15) is 0 Å². The number of carboxylic acid groups (broad SMARTS) is 1. The second kappa shape index (κ2) is 10.2. The molecule has 3 N–H and O–H groups in total. The van der Waals surface area contributed by atoms with Crippen LogP contribution in [0.5, 0.6) is 0 Å². The standard InChI is InChI=1S/C18H36O4/c1-17(2,13-19)11-7-5-9-15(16(21)22)10-6-8-12-18(3,4)14-20/h15,19-20H,5-14H2,1-4H3,(H,21,22). The van der Waals surface area contributed by atoms with Crippen LogP contribution >= 0.6 is 0 Å². The molecule has 0 rings (SSSR count). The van der Waals surface area contributed by atoms with Crippen LogP contribution < -0.4 is 0 Å². The van der Waals surface area contributed by atoms with Gasteiger partial charge in [0.05, 0.1) is 5.92 Å². The van der Waals surface area contributed by atoms with E-state index in [1.165, 1.54) is 0 Å². The summed E-state index contributed by atoms with van der Waals surface area (Å²) in [5.74, 6) is -0.947. The Labute approximate surface area is 135 Å². The van der Waals surface area contributed by atoms with E-state index >= 15 is 0 Å². The third kappa shape index (κ3) is 10.2. The molecular formula is C18H36O4. The van der Waals surface area contributed by atoms with Gasteiger partial charge in [0.2, 0.25) is 0 Å². The maximum atomic E-state index is 11.3. The lowest BCUT2D eigenvalue weighted by Crippen LogP contribution is -2.18. The van der Waals surface area contributed by atoms with Crippen LogP contribution in [0.4, 0.5) is 0 Å². The van der Waals surface area contributed by atoms with E-state index in [4.69, 9.17) is 0 Å². The van der Waals surface area contributed by atoms with Crippen molar-refractivity contribution in [1.29, 1.82) is 0 Å². The average Bonchev–Trinajstić information content (AvgIpc) is 2.45. The molecule has 0 spiro atoms. The van der Waals surface area contributed by atoms with E-state index < -0.39 is 5.97 Å². The van der Waals surface area contributed by atoms with E-state index in [2.05, 4.69) is 0 Å². The Morgan fingerprint density at radius 3 is 1.45 bits per heavy atom. The van der Waals surface area contributed by atoms with Crippen LogP contribution in [0.15, 0.2) is 0 Å². The van der Waals surface area contributed by atoms with Crippen molar-refractivity contribution in [2.75, 3.05) is 13.2 Å². The summed E-state index contributed by atoms with van der Waals surface area (Å²) in [5.41, 5.74) is -0.122. The van der Waals surface area contributed by atoms with Crippen LogP contribution in [0.2, 0.25) is 0 Å². The van der Waals surface area contributed by atoms with Gasteiger partial charge in [-0.1, -0.05) is 53.4 Å². The minimum atomic E-state index is -0.692. The fourth-order valence-corrected chi connectivity index (χ4v) is 2.54. The number of rotatable bonds is 13. The average molecular weight is 316 g/mol. The zero-order valence-corrected chi connectivity index (χ0v) is 14.9. The molecule has 0 aliphatic rings. The van der Waals surface area contributed by atoms with E-state index in [0.29, 0.717) is 0 Å².